The van der Waals surface area contributed by atoms with Gasteiger partial charge in [0.2, 0.25) is 5.91 Å². The van der Waals surface area contributed by atoms with Gasteiger partial charge in [0, 0.05) is 23.0 Å². The minimum Gasteiger partial charge on any atom is -0.507 e. The predicted molar refractivity (Wildman–Crippen MR) is 81.6 cm³/mol. The van der Waals surface area contributed by atoms with Crippen LogP contribution >= 0.6 is 11.8 Å². The van der Waals surface area contributed by atoms with Crippen molar-refractivity contribution in [2.75, 3.05) is 5.75 Å². The molecule has 0 aliphatic rings. The zero-order valence-electron chi connectivity index (χ0n) is 11.4. The van der Waals surface area contributed by atoms with E-state index >= 15 is 0 Å². The van der Waals surface area contributed by atoms with E-state index in [2.05, 4.69) is 5.32 Å². The van der Waals surface area contributed by atoms with Crippen molar-refractivity contribution in [1.82, 2.24) is 5.32 Å². The number of nitrogens with one attached hydrogen (secondary N) is 1. The number of thioether (sulfide) groups is 1. The van der Waals surface area contributed by atoms with Crippen LogP contribution in [-0.2, 0) is 9.59 Å². The van der Waals surface area contributed by atoms with Gasteiger partial charge in [0.05, 0.1) is 0 Å². The molecule has 1 amide bonds. The van der Waals surface area contributed by atoms with Crippen molar-refractivity contribution in [3.63, 3.8) is 0 Å². The first-order chi connectivity index (χ1) is 9.99. The van der Waals surface area contributed by atoms with Crippen LogP contribution in [0.2, 0.25) is 0 Å². The second-order valence-electron chi connectivity index (χ2n) is 4.53. The van der Waals surface area contributed by atoms with E-state index in [4.69, 9.17) is 5.11 Å². The molecule has 110 valence electrons. The van der Waals surface area contributed by atoms with Crippen molar-refractivity contribution in [3.8, 4) is 5.75 Å². The Morgan fingerprint density at radius 1 is 1.19 bits per heavy atom. The Morgan fingerprint density at radius 2 is 1.86 bits per heavy atom. The highest BCUT2D eigenvalue weighted by atomic mass is 32.2. The van der Waals surface area contributed by atoms with Crippen LogP contribution < -0.4 is 5.32 Å². The zero-order valence-corrected chi connectivity index (χ0v) is 12.2. The molecule has 1 unspecified atom stereocenters. The molecule has 6 heteroatoms. The molecule has 1 atom stereocenters. The molecule has 5 nitrogen and oxygen atoms in total. The van der Waals surface area contributed by atoms with Gasteiger partial charge in [0.15, 0.2) is 0 Å². The molecule has 0 saturated heterocycles. The molecule has 0 aromatic heterocycles. The van der Waals surface area contributed by atoms with Gasteiger partial charge in [-0.2, -0.15) is 0 Å². The van der Waals surface area contributed by atoms with Crippen molar-refractivity contribution in [2.24, 2.45) is 0 Å². The lowest BCUT2D eigenvalue weighted by Gasteiger charge is -2.14. The summed E-state index contributed by atoms with van der Waals surface area (Å²) < 4.78 is 0. The third kappa shape index (κ3) is 3.66. The van der Waals surface area contributed by atoms with Gasteiger partial charge in [-0.05, 0) is 17.5 Å². The van der Waals surface area contributed by atoms with Crippen LogP contribution in [0.25, 0.3) is 10.8 Å². The quantitative estimate of drug-likeness (QED) is 0.737. The Bertz CT molecular complexity index is 686. The average Bonchev–Trinajstić information content (AvgIpc) is 2.45. The maximum absolute atomic E-state index is 11.1. The topological polar surface area (TPSA) is 86.6 Å². The number of hydrogen-bond acceptors (Lipinski definition) is 4. The molecule has 0 aliphatic carbocycles. The predicted octanol–water partition coefficient (Wildman–Crippen LogP) is 2.23. The van der Waals surface area contributed by atoms with Crippen LogP contribution in [0.15, 0.2) is 41.3 Å². The number of carboxylic acid groups (broad SMARTS) is 1. The number of carbonyl (C=O) groups excluding carboxylic acids is 1. The highest BCUT2D eigenvalue weighted by molar-refractivity contribution is 7.99. The molecule has 3 N–H and O–H groups in total. The van der Waals surface area contributed by atoms with E-state index in [0.29, 0.717) is 5.39 Å². The molecule has 0 heterocycles. The number of amides is 1. The van der Waals surface area contributed by atoms with Crippen molar-refractivity contribution >= 4 is 34.4 Å². The van der Waals surface area contributed by atoms with Crippen molar-refractivity contribution in [1.29, 1.82) is 0 Å². The van der Waals surface area contributed by atoms with Crippen molar-refractivity contribution in [3.05, 3.63) is 36.4 Å². The average molecular weight is 305 g/mol. The molecule has 21 heavy (non-hydrogen) atoms. The zero-order chi connectivity index (χ0) is 15.4. The smallest absolute Gasteiger partial charge is 0.327 e. The maximum atomic E-state index is 11.1. The molecule has 0 spiro atoms. The lowest BCUT2D eigenvalue weighted by atomic mass is 10.1. The van der Waals surface area contributed by atoms with E-state index in [9.17, 15) is 14.7 Å². The van der Waals surface area contributed by atoms with Crippen LogP contribution in [0, 0.1) is 0 Å². The molecular formula is C15H15NO4S. The molecular weight excluding hydrogens is 290 g/mol. The van der Waals surface area contributed by atoms with E-state index in [1.54, 1.807) is 18.2 Å². The first kappa shape index (κ1) is 15.2. The van der Waals surface area contributed by atoms with Crippen LogP contribution in [0.4, 0.5) is 0 Å². The summed E-state index contributed by atoms with van der Waals surface area (Å²) in [6, 6.07) is 9.74. The number of aliphatic carboxylic acids is 1. The highest BCUT2D eigenvalue weighted by Gasteiger charge is 2.19. The van der Waals surface area contributed by atoms with E-state index in [1.807, 2.05) is 18.2 Å². The Hall–Kier alpha value is -2.21. The van der Waals surface area contributed by atoms with Gasteiger partial charge < -0.3 is 15.5 Å². The highest BCUT2D eigenvalue weighted by Crippen LogP contribution is 2.33. The molecule has 0 fully saturated rings. The molecule has 0 bridgehead atoms. The molecule has 2 aromatic carbocycles. The number of carbonyl (C=O) groups is 2. The normalized spacial score (nSPS) is 12.0. The number of benzene rings is 2. The second-order valence-corrected chi connectivity index (χ2v) is 5.59. The van der Waals surface area contributed by atoms with Crippen LogP contribution in [-0.4, -0.2) is 33.9 Å². The van der Waals surface area contributed by atoms with Gasteiger partial charge in [0.1, 0.15) is 11.8 Å². The molecule has 2 aromatic rings. The maximum Gasteiger partial charge on any atom is 0.327 e. The van der Waals surface area contributed by atoms with Gasteiger partial charge in [-0.15, -0.1) is 11.8 Å². The second kappa shape index (κ2) is 6.49. The Morgan fingerprint density at radius 3 is 2.48 bits per heavy atom. The van der Waals surface area contributed by atoms with Crippen LogP contribution in [0.1, 0.15) is 6.92 Å². The monoisotopic (exact) mass is 305 g/mol. The summed E-state index contributed by atoms with van der Waals surface area (Å²) in [7, 11) is 0. The molecule has 0 saturated carbocycles. The summed E-state index contributed by atoms with van der Waals surface area (Å²) in [6.45, 7) is 1.29. The summed E-state index contributed by atoms with van der Waals surface area (Å²) >= 11 is 1.33. The van der Waals surface area contributed by atoms with Gasteiger partial charge >= 0.3 is 5.97 Å². The Kier molecular flexibility index (Phi) is 4.70. The number of aromatic hydroxyl groups is 1. The molecule has 2 rings (SSSR count). The molecule has 0 aliphatic heterocycles. The van der Waals surface area contributed by atoms with Crippen molar-refractivity contribution < 1.29 is 19.8 Å². The number of hydrogen-bond donors (Lipinski definition) is 3. The Balaban J connectivity index is 2.22. The van der Waals surface area contributed by atoms with Gasteiger partial charge in [-0.1, -0.05) is 24.3 Å². The van der Waals surface area contributed by atoms with E-state index < -0.39 is 12.0 Å². The largest absolute Gasteiger partial charge is 0.507 e. The standard InChI is InChI=1S/C15H15NO4S/c1-9(17)16-12(15(19)20)8-21-14-7-6-13(18)10-4-2-3-5-11(10)14/h2-7,12,18H,8H2,1H3,(H,16,17)(H,19,20). The first-order valence-electron chi connectivity index (χ1n) is 6.32. The summed E-state index contributed by atoms with van der Waals surface area (Å²) in [6.07, 6.45) is 0. The fourth-order valence-electron chi connectivity index (χ4n) is 1.97. The fraction of sp³-hybridized carbons (Fsp3) is 0.200. The van der Waals surface area contributed by atoms with E-state index in [1.165, 1.54) is 18.7 Å². The van der Waals surface area contributed by atoms with Crippen LogP contribution in [0.5, 0.6) is 5.75 Å². The number of phenolic OH excluding ortho intramolecular Hbond substituents is 1. The summed E-state index contributed by atoms with van der Waals surface area (Å²) in [5.74, 6) is -1.05. The minimum atomic E-state index is -1.07. The lowest BCUT2D eigenvalue weighted by Crippen LogP contribution is -2.41. The first-order valence-corrected chi connectivity index (χ1v) is 7.31. The lowest BCUT2D eigenvalue weighted by molar-refractivity contribution is -0.140. The number of rotatable bonds is 5. The van der Waals surface area contributed by atoms with E-state index in [0.717, 1.165) is 10.3 Å². The number of phenols is 1. The van der Waals surface area contributed by atoms with Gasteiger partial charge in [0.25, 0.3) is 0 Å². The molecule has 0 radical (unpaired) electrons. The minimum absolute atomic E-state index is 0.187. The summed E-state index contributed by atoms with van der Waals surface area (Å²) in [5, 5.41) is 22.9. The Labute approximate surface area is 126 Å². The van der Waals surface area contributed by atoms with E-state index in [-0.39, 0.29) is 17.4 Å². The van der Waals surface area contributed by atoms with Crippen LogP contribution in [0.3, 0.4) is 0 Å². The van der Waals surface area contributed by atoms with Crippen molar-refractivity contribution in [2.45, 2.75) is 17.9 Å². The van der Waals surface area contributed by atoms with Gasteiger partial charge in [-0.25, -0.2) is 4.79 Å². The summed E-state index contributed by atoms with van der Waals surface area (Å²) in [4.78, 5) is 23.0. The number of fused-ring (bicyclic) bond motifs is 1. The van der Waals surface area contributed by atoms with Gasteiger partial charge in [-0.3, -0.25) is 4.79 Å². The third-order valence-electron chi connectivity index (χ3n) is 2.94. The SMILES string of the molecule is CC(=O)NC(CSc1ccc(O)c2ccccc12)C(=O)O. The summed E-state index contributed by atoms with van der Waals surface area (Å²) in [5.41, 5.74) is 0. The number of carboxylic acids is 1. The third-order valence-corrected chi connectivity index (χ3v) is 4.11. The fourth-order valence-corrected chi connectivity index (χ4v) is 3.04.